The van der Waals surface area contributed by atoms with Crippen LogP contribution in [0.5, 0.6) is 17.2 Å². The number of fused-ring (bicyclic) bond motifs is 1. The van der Waals surface area contributed by atoms with Crippen molar-refractivity contribution in [2.24, 2.45) is 27.6 Å². The lowest BCUT2D eigenvalue weighted by Gasteiger charge is -2.30. The lowest BCUT2D eigenvalue weighted by molar-refractivity contribution is -0.169. The molecule has 6 aromatic rings. The molecule has 6 aromatic carbocycles. The Kier molecular flexibility index (Phi) is 24.9. The first-order valence-electron chi connectivity index (χ1n) is 29.4. The quantitative estimate of drug-likeness (QED) is 0.0186. The number of carbonyl (C=O) groups is 5. The molecule has 5 unspecified atom stereocenters. The number of hydrogen-bond donors (Lipinski definition) is 1. The summed E-state index contributed by atoms with van der Waals surface area (Å²) in [5.74, 6) is -14.4. The highest BCUT2D eigenvalue weighted by Crippen LogP contribution is 2.48. The molecule has 19 heteroatoms. The summed E-state index contributed by atoms with van der Waals surface area (Å²) in [6.45, 7) is 25.0. The summed E-state index contributed by atoms with van der Waals surface area (Å²) in [4.78, 5) is 63.0. The molecule has 3 heterocycles. The van der Waals surface area contributed by atoms with Crippen LogP contribution in [0.2, 0.25) is 0 Å². The van der Waals surface area contributed by atoms with Crippen molar-refractivity contribution in [1.82, 2.24) is 0 Å². The van der Waals surface area contributed by atoms with E-state index in [1.807, 2.05) is 76.2 Å². The molecule has 0 amide bonds. The molecule has 480 valence electrons. The third-order valence-corrected chi connectivity index (χ3v) is 18.2. The van der Waals surface area contributed by atoms with Crippen LogP contribution >= 0.6 is 0 Å². The minimum atomic E-state index is -2.30. The number of ether oxygens (including phenoxy) is 6. The lowest BCUT2D eigenvalue weighted by atomic mass is 9.87. The molecule has 3 fully saturated rings. The second kappa shape index (κ2) is 30.7. The van der Waals surface area contributed by atoms with Gasteiger partial charge in [0.25, 0.3) is 0 Å². The molecular weight excluding hydrogens is 1180 g/mol. The van der Waals surface area contributed by atoms with Gasteiger partial charge in [-0.1, -0.05) is 94.4 Å². The highest BCUT2D eigenvalue weighted by molar-refractivity contribution is 7.97. The molecule has 5 atom stereocenters. The van der Waals surface area contributed by atoms with Gasteiger partial charge in [-0.15, -0.1) is 0 Å². The molecule has 9 rings (SSSR count). The van der Waals surface area contributed by atoms with Crippen LogP contribution in [0, 0.1) is 62.5 Å². The predicted octanol–water partition coefficient (Wildman–Crippen LogP) is 16.3. The molecule has 3 saturated heterocycles. The van der Waals surface area contributed by atoms with Gasteiger partial charge in [-0.3, -0.25) is 24.0 Å². The van der Waals surface area contributed by atoms with Crippen molar-refractivity contribution in [3.63, 3.8) is 0 Å². The molecule has 2 bridgehead atoms. The van der Waals surface area contributed by atoms with Crippen molar-refractivity contribution in [3.05, 3.63) is 180 Å². The predicted molar refractivity (Wildman–Crippen MR) is 325 cm³/mol. The van der Waals surface area contributed by atoms with Crippen molar-refractivity contribution in [3.8, 4) is 17.2 Å². The number of hydrogen-bond acceptors (Lipinski definition) is 12. The Balaban J connectivity index is 0.000000203. The van der Waals surface area contributed by atoms with Gasteiger partial charge in [-0.05, 0) is 180 Å². The van der Waals surface area contributed by atoms with E-state index in [4.69, 9.17) is 28.8 Å². The number of rotatable bonds is 16. The molecule has 0 aliphatic carbocycles. The van der Waals surface area contributed by atoms with Gasteiger partial charge in [-0.25, -0.2) is 17.6 Å². The van der Waals surface area contributed by atoms with Gasteiger partial charge in [0.1, 0.15) is 29.0 Å². The molecule has 3 aliphatic rings. The van der Waals surface area contributed by atoms with Crippen molar-refractivity contribution >= 4 is 40.7 Å². The summed E-state index contributed by atoms with van der Waals surface area (Å²) in [5.41, 5.74) is -2.57. The maximum atomic E-state index is 13.3. The van der Waals surface area contributed by atoms with Crippen LogP contribution in [0.4, 0.5) is 26.3 Å². The molecule has 1 N–H and O–H groups in total. The van der Waals surface area contributed by atoms with E-state index in [0.29, 0.717) is 25.0 Å². The Labute approximate surface area is 520 Å². The number of esters is 5. The van der Waals surface area contributed by atoms with E-state index in [1.54, 1.807) is 31.2 Å². The van der Waals surface area contributed by atoms with Crippen LogP contribution in [0.25, 0.3) is 0 Å². The maximum absolute atomic E-state index is 13.3. The maximum Gasteiger partial charge on any atom is 0.317 e. The number of halogens is 6. The molecule has 89 heavy (non-hydrogen) atoms. The van der Waals surface area contributed by atoms with Gasteiger partial charge >= 0.3 is 29.8 Å². The largest absolute Gasteiger partial charge is 0.508 e. The molecule has 12 nitrogen and oxygen atoms in total. The highest BCUT2D eigenvalue weighted by atomic mass is 32.2. The third kappa shape index (κ3) is 18.5. The van der Waals surface area contributed by atoms with E-state index < -0.39 is 80.3 Å². The molecule has 0 saturated carbocycles. The third-order valence-electron chi connectivity index (χ3n) is 16.0. The molecule has 0 spiro atoms. The van der Waals surface area contributed by atoms with Crippen molar-refractivity contribution in [2.75, 3.05) is 0 Å². The normalized spacial score (nSPS) is 17.4. The zero-order valence-electron chi connectivity index (χ0n) is 52.8. The minimum absolute atomic E-state index is 0.0146. The van der Waals surface area contributed by atoms with Crippen molar-refractivity contribution in [2.45, 2.75) is 174 Å². The second-order valence-electron chi connectivity index (χ2n) is 24.5. The van der Waals surface area contributed by atoms with Crippen LogP contribution in [0.1, 0.15) is 135 Å². The molecule has 3 aliphatic heterocycles. The number of phenolic OH excluding ortho intramolecular Hbond substituents is 1. The Hall–Kier alpha value is -7.64. The van der Waals surface area contributed by atoms with Crippen LogP contribution < -0.4 is 9.47 Å². The van der Waals surface area contributed by atoms with Gasteiger partial charge in [0.15, 0.2) is 26.9 Å². The number of aromatic hydroxyl groups is 1. The summed E-state index contributed by atoms with van der Waals surface area (Å²) in [7, 11) is -0.0146. The van der Waals surface area contributed by atoms with Gasteiger partial charge in [0.05, 0.1) is 44.6 Å². The minimum Gasteiger partial charge on any atom is -0.508 e. The zero-order chi connectivity index (χ0) is 66.4. The van der Waals surface area contributed by atoms with Crippen LogP contribution in [0.15, 0.2) is 154 Å². The number of phenols is 1. The monoisotopic (exact) mass is 1260 g/mol. The molecule has 0 aromatic heterocycles. The Morgan fingerprint density at radius 2 is 0.899 bits per heavy atom. The summed E-state index contributed by atoms with van der Waals surface area (Å²) >= 11 is 0. The van der Waals surface area contributed by atoms with Crippen molar-refractivity contribution in [1.29, 1.82) is 0 Å². The van der Waals surface area contributed by atoms with E-state index in [1.165, 1.54) is 52.8 Å². The second-order valence-corrected chi connectivity index (χ2v) is 26.6. The van der Waals surface area contributed by atoms with E-state index in [9.17, 15) is 50.3 Å². The Morgan fingerprint density at radius 3 is 1.33 bits per heavy atom. The first-order chi connectivity index (χ1) is 41.7. The molecular formula is C70H81F6O12S+. The van der Waals surface area contributed by atoms with Crippen molar-refractivity contribution < 1.29 is 83.8 Å². The standard InChI is InChI=1S/C18H15S.C15H21FO2.C13H18O5.C12H11F5O2.C12H16O3/c1-4-10-16(11-5-1)19(17-12-6-2-7-13-17)18-14-8-3-9-15-18;1-6-14(2,3)13(17)18-15(4,5)11-7-9-12(16)10-8-11;1-4-13(2,3)12(15)18-9-7-5-6-8(16-7)10(9)17-11(6)14;1-4-12(2,3)11(18)19-10-8(16)6(14)5(13)7(15)9(10)17;1-4-12(2,3)11(14)15-10-7-5-9(13)6-8-10/h1-15H;7-10H,6H2,1-5H3;6-10H,4-5H2,1-3H3;4H2,1-3H3;5-8,13H,4H2,1-3H3/q+1;;;;. The van der Waals surface area contributed by atoms with Crippen LogP contribution in [-0.2, 0) is 59.4 Å². The van der Waals surface area contributed by atoms with Gasteiger partial charge < -0.3 is 33.5 Å². The van der Waals surface area contributed by atoms with E-state index in [2.05, 4.69) is 95.7 Å². The fraction of sp³-hybridized carbons (Fsp3) is 0.414. The Morgan fingerprint density at radius 1 is 0.506 bits per heavy atom. The summed E-state index contributed by atoms with van der Waals surface area (Å²) < 4.78 is 109. The smallest absolute Gasteiger partial charge is 0.317 e. The van der Waals surface area contributed by atoms with Crippen LogP contribution in [-0.4, -0.2) is 59.4 Å². The zero-order valence-corrected chi connectivity index (χ0v) is 53.6. The number of benzene rings is 6. The fourth-order valence-corrected chi connectivity index (χ4v) is 10.4. The summed E-state index contributed by atoms with van der Waals surface area (Å²) in [5, 5.41) is 9.06. The lowest BCUT2D eigenvalue weighted by Crippen LogP contribution is -2.42. The van der Waals surface area contributed by atoms with E-state index in [-0.39, 0.29) is 70.9 Å². The van der Waals surface area contributed by atoms with E-state index in [0.717, 1.165) is 12.0 Å². The number of carbonyl (C=O) groups excluding carboxylic acids is 5. The first-order valence-corrected chi connectivity index (χ1v) is 30.6. The molecule has 0 radical (unpaired) electrons. The van der Waals surface area contributed by atoms with Gasteiger partial charge in [0.2, 0.25) is 34.8 Å². The summed E-state index contributed by atoms with van der Waals surface area (Å²) in [6, 6.07) is 44.3. The Bertz CT molecular complexity index is 3220. The topological polar surface area (TPSA) is 161 Å². The van der Waals surface area contributed by atoms with Gasteiger partial charge in [0, 0.05) is 0 Å². The van der Waals surface area contributed by atoms with E-state index >= 15 is 0 Å². The summed E-state index contributed by atoms with van der Waals surface area (Å²) in [6.07, 6.45) is 1.84. The average molecular weight is 1260 g/mol. The average Bonchev–Trinajstić information content (AvgIpc) is 1.59. The highest BCUT2D eigenvalue weighted by Gasteiger charge is 2.65. The SMILES string of the molecule is CCC(C)(C)C(=O)OC(C)(C)c1ccc(F)cc1.CCC(C)(C)C(=O)OC1C2CC3C(=O)OC1C3O2.CCC(C)(C)C(=O)Oc1c(F)c(F)c(F)c(F)c1F.CCC(C)(C)C(=O)Oc1ccc(O)cc1.c1ccc([S+](c2ccccc2)c2ccccc2)cc1. The van der Waals surface area contributed by atoms with Gasteiger partial charge in [-0.2, -0.15) is 8.78 Å². The van der Waals surface area contributed by atoms with Crippen LogP contribution in [0.3, 0.4) is 0 Å². The fourth-order valence-electron chi connectivity index (χ4n) is 8.27. The first kappa shape index (κ1) is 72.1.